The number of aryl methyl sites for hydroxylation is 2. The van der Waals surface area contributed by atoms with Crippen molar-refractivity contribution in [3.8, 4) is 0 Å². The number of aromatic nitrogens is 2. The second-order valence-electron chi connectivity index (χ2n) is 6.18. The van der Waals surface area contributed by atoms with E-state index in [0.717, 1.165) is 37.4 Å². The third kappa shape index (κ3) is 3.21. The number of amides is 1. The molecule has 4 nitrogen and oxygen atoms in total. The van der Waals surface area contributed by atoms with Crippen LogP contribution in [0.5, 0.6) is 0 Å². The van der Waals surface area contributed by atoms with E-state index < -0.39 is 0 Å². The van der Waals surface area contributed by atoms with E-state index in [0.29, 0.717) is 12.3 Å². The van der Waals surface area contributed by atoms with Gasteiger partial charge in [0.05, 0.1) is 6.42 Å². The number of imidazole rings is 1. The highest BCUT2D eigenvalue weighted by atomic mass is 16.2. The third-order valence-electron chi connectivity index (χ3n) is 4.32. The van der Waals surface area contributed by atoms with Gasteiger partial charge in [-0.15, -0.1) is 0 Å². The molecule has 0 N–H and O–H groups in total. The Morgan fingerprint density at radius 1 is 1.36 bits per heavy atom. The van der Waals surface area contributed by atoms with E-state index in [1.807, 2.05) is 29.4 Å². The third-order valence-corrected chi connectivity index (χ3v) is 4.32. The molecule has 1 aromatic carbocycles. The highest BCUT2D eigenvalue weighted by molar-refractivity contribution is 5.79. The molecule has 4 heteroatoms. The van der Waals surface area contributed by atoms with Crippen molar-refractivity contribution < 1.29 is 4.79 Å². The summed E-state index contributed by atoms with van der Waals surface area (Å²) in [6, 6.07) is 8.20. The Balaban J connectivity index is 1.49. The van der Waals surface area contributed by atoms with Crippen molar-refractivity contribution in [2.75, 3.05) is 13.1 Å². The molecule has 1 fully saturated rings. The number of carbonyl (C=O) groups excluding carboxylic acids is 1. The van der Waals surface area contributed by atoms with Gasteiger partial charge in [0.2, 0.25) is 5.91 Å². The molecule has 0 radical (unpaired) electrons. The molecule has 0 bridgehead atoms. The van der Waals surface area contributed by atoms with E-state index in [-0.39, 0.29) is 5.91 Å². The predicted molar refractivity (Wildman–Crippen MR) is 86.6 cm³/mol. The van der Waals surface area contributed by atoms with Gasteiger partial charge in [0.15, 0.2) is 0 Å². The number of nitrogens with zero attached hydrogens (tertiary/aromatic N) is 3. The fraction of sp³-hybridized carbons (Fsp3) is 0.444. The summed E-state index contributed by atoms with van der Waals surface area (Å²) in [5, 5.41) is 0. The summed E-state index contributed by atoms with van der Waals surface area (Å²) in [5.41, 5.74) is 2.32. The molecule has 1 saturated heterocycles. The number of hydrogen-bond donors (Lipinski definition) is 0. The maximum atomic E-state index is 12.3. The topological polar surface area (TPSA) is 38.1 Å². The normalized spacial score (nSPS) is 14.9. The average Bonchev–Trinajstić information content (AvgIpc) is 2.89. The van der Waals surface area contributed by atoms with Crippen LogP contribution in [0.2, 0.25) is 0 Å². The Hall–Kier alpha value is -2.10. The van der Waals surface area contributed by atoms with Gasteiger partial charge in [-0.2, -0.15) is 0 Å². The van der Waals surface area contributed by atoms with Gasteiger partial charge in [0, 0.05) is 44.4 Å². The van der Waals surface area contributed by atoms with Crippen LogP contribution < -0.4 is 0 Å². The summed E-state index contributed by atoms with van der Waals surface area (Å²) in [5.74, 6) is 1.92. The summed E-state index contributed by atoms with van der Waals surface area (Å²) in [6.45, 7) is 6.89. The molecule has 1 amide bonds. The molecule has 0 unspecified atom stereocenters. The lowest BCUT2D eigenvalue weighted by Gasteiger charge is -2.39. The van der Waals surface area contributed by atoms with E-state index in [9.17, 15) is 4.79 Å². The number of likely N-dealkylation sites (tertiary alicyclic amines) is 1. The molecule has 22 heavy (non-hydrogen) atoms. The maximum absolute atomic E-state index is 12.3. The zero-order valence-electron chi connectivity index (χ0n) is 13.3. The molecule has 0 saturated carbocycles. The van der Waals surface area contributed by atoms with Gasteiger partial charge in [-0.1, -0.05) is 36.8 Å². The van der Waals surface area contributed by atoms with E-state index in [4.69, 9.17) is 0 Å². The fourth-order valence-corrected chi connectivity index (χ4v) is 3.10. The molecule has 0 spiro atoms. The van der Waals surface area contributed by atoms with Crippen LogP contribution in [0, 0.1) is 12.8 Å². The minimum atomic E-state index is 0.239. The Kier molecular flexibility index (Phi) is 4.27. The number of benzene rings is 1. The molecule has 0 aliphatic carbocycles. The fourth-order valence-electron chi connectivity index (χ4n) is 3.10. The van der Waals surface area contributed by atoms with Crippen molar-refractivity contribution in [2.45, 2.75) is 33.2 Å². The van der Waals surface area contributed by atoms with Crippen LogP contribution in [-0.2, 0) is 24.2 Å². The van der Waals surface area contributed by atoms with Gasteiger partial charge in [-0.25, -0.2) is 4.98 Å². The van der Waals surface area contributed by atoms with E-state index in [1.165, 1.54) is 5.56 Å². The van der Waals surface area contributed by atoms with Gasteiger partial charge >= 0.3 is 0 Å². The number of carbonyl (C=O) groups is 1. The van der Waals surface area contributed by atoms with Gasteiger partial charge in [-0.05, 0) is 12.5 Å². The van der Waals surface area contributed by atoms with Gasteiger partial charge in [0.25, 0.3) is 0 Å². The zero-order chi connectivity index (χ0) is 15.5. The van der Waals surface area contributed by atoms with Gasteiger partial charge in [-0.3, -0.25) is 4.79 Å². The van der Waals surface area contributed by atoms with Gasteiger partial charge < -0.3 is 9.47 Å². The first-order valence-electron chi connectivity index (χ1n) is 7.99. The summed E-state index contributed by atoms with van der Waals surface area (Å²) in [4.78, 5) is 18.6. The molecule has 1 aromatic heterocycles. The van der Waals surface area contributed by atoms with E-state index >= 15 is 0 Å². The van der Waals surface area contributed by atoms with Crippen LogP contribution in [0.4, 0.5) is 0 Å². The Morgan fingerprint density at radius 3 is 2.91 bits per heavy atom. The van der Waals surface area contributed by atoms with Crippen molar-refractivity contribution in [3.05, 3.63) is 53.6 Å². The first-order valence-corrected chi connectivity index (χ1v) is 7.99. The van der Waals surface area contributed by atoms with E-state index in [2.05, 4.69) is 35.5 Å². The molecule has 2 aromatic rings. The highest BCUT2D eigenvalue weighted by Gasteiger charge is 2.30. The van der Waals surface area contributed by atoms with Crippen molar-refractivity contribution in [3.63, 3.8) is 0 Å². The summed E-state index contributed by atoms with van der Waals surface area (Å²) >= 11 is 0. The van der Waals surface area contributed by atoms with Crippen molar-refractivity contribution in [1.82, 2.24) is 14.5 Å². The standard InChI is InChI=1S/C18H23N3O/c1-3-17-19-7-8-20(17)11-16-12-21(13-16)18(22)10-15-6-4-5-14(2)9-15/h4-9,16H,3,10-13H2,1-2H3. The van der Waals surface area contributed by atoms with Gasteiger partial charge in [0.1, 0.15) is 5.82 Å². The summed E-state index contributed by atoms with van der Waals surface area (Å²) in [7, 11) is 0. The minimum absolute atomic E-state index is 0.239. The smallest absolute Gasteiger partial charge is 0.227 e. The second kappa shape index (κ2) is 6.34. The summed E-state index contributed by atoms with van der Waals surface area (Å²) in [6.07, 6.45) is 5.36. The van der Waals surface area contributed by atoms with Crippen LogP contribution >= 0.6 is 0 Å². The molecule has 0 atom stereocenters. The molecular formula is C18H23N3O. The van der Waals surface area contributed by atoms with Crippen LogP contribution in [-0.4, -0.2) is 33.4 Å². The van der Waals surface area contributed by atoms with Crippen molar-refractivity contribution in [2.24, 2.45) is 5.92 Å². The lowest BCUT2D eigenvalue weighted by molar-refractivity contribution is -0.137. The monoisotopic (exact) mass is 297 g/mol. The molecule has 1 aliphatic heterocycles. The van der Waals surface area contributed by atoms with Crippen LogP contribution in [0.15, 0.2) is 36.7 Å². The Bertz CT molecular complexity index is 656. The second-order valence-corrected chi connectivity index (χ2v) is 6.18. The van der Waals surface area contributed by atoms with Crippen molar-refractivity contribution >= 4 is 5.91 Å². The van der Waals surface area contributed by atoms with Crippen molar-refractivity contribution in [1.29, 1.82) is 0 Å². The largest absolute Gasteiger partial charge is 0.342 e. The van der Waals surface area contributed by atoms with Crippen LogP contribution in [0.1, 0.15) is 23.9 Å². The lowest BCUT2D eigenvalue weighted by Crippen LogP contribution is -2.52. The quantitative estimate of drug-likeness (QED) is 0.850. The predicted octanol–water partition coefficient (Wildman–Crippen LogP) is 2.46. The molecule has 3 rings (SSSR count). The SMILES string of the molecule is CCc1nccn1CC1CN(C(=O)Cc2cccc(C)c2)C1. The molecular weight excluding hydrogens is 274 g/mol. The Labute approximate surface area is 131 Å². The number of hydrogen-bond acceptors (Lipinski definition) is 2. The summed E-state index contributed by atoms with van der Waals surface area (Å²) < 4.78 is 2.22. The average molecular weight is 297 g/mol. The highest BCUT2D eigenvalue weighted by Crippen LogP contribution is 2.20. The molecule has 1 aliphatic rings. The Morgan fingerprint density at radius 2 is 2.18 bits per heavy atom. The van der Waals surface area contributed by atoms with E-state index in [1.54, 1.807) is 0 Å². The van der Waals surface area contributed by atoms with Crippen LogP contribution in [0.3, 0.4) is 0 Å². The molecule has 2 heterocycles. The zero-order valence-corrected chi connectivity index (χ0v) is 13.3. The lowest BCUT2D eigenvalue weighted by atomic mass is 9.98. The maximum Gasteiger partial charge on any atom is 0.227 e. The minimum Gasteiger partial charge on any atom is -0.342 e. The molecule has 116 valence electrons. The van der Waals surface area contributed by atoms with Crippen LogP contribution in [0.25, 0.3) is 0 Å². The first kappa shape index (κ1) is 14.8. The number of rotatable bonds is 5. The first-order chi connectivity index (χ1) is 10.7.